The lowest BCUT2D eigenvalue weighted by atomic mass is 10.0. The smallest absolute Gasteiger partial charge is 0.336 e. The molecular formula is C21H22N2O4. The van der Waals surface area contributed by atoms with Gasteiger partial charge >= 0.3 is 5.63 Å². The minimum atomic E-state index is -0.695. The maximum Gasteiger partial charge on any atom is 0.336 e. The number of nitrogens with zero attached hydrogens (tertiary/aromatic N) is 1. The highest BCUT2D eigenvalue weighted by molar-refractivity contribution is 5.85. The Hall–Kier alpha value is -3.15. The van der Waals surface area contributed by atoms with E-state index < -0.39 is 6.10 Å². The summed E-state index contributed by atoms with van der Waals surface area (Å²) in [7, 11) is 0. The van der Waals surface area contributed by atoms with E-state index in [1.807, 2.05) is 38.1 Å². The third kappa shape index (κ3) is 4.16. The van der Waals surface area contributed by atoms with Crippen molar-refractivity contribution in [2.75, 3.05) is 0 Å². The third-order valence-corrected chi connectivity index (χ3v) is 4.44. The molecule has 0 saturated heterocycles. The average molecular weight is 366 g/mol. The Morgan fingerprint density at radius 1 is 1.33 bits per heavy atom. The second-order valence-electron chi connectivity index (χ2n) is 6.35. The highest BCUT2D eigenvalue weighted by Crippen LogP contribution is 2.29. The number of carbonyl (C=O) groups is 1. The number of hydrogen-bond donors (Lipinski definition) is 1. The van der Waals surface area contributed by atoms with Crippen LogP contribution in [-0.4, -0.2) is 17.0 Å². The summed E-state index contributed by atoms with van der Waals surface area (Å²) in [6.45, 7) is 5.87. The normalized spacial score (nSPS) is 12.0. The molecule has 0 aliphatic rings. The second-order valence-corrected chi connectivity index (χ2v) is 6.35. The molecule has 6 heteroatoms. The highest BCUT2D eigenvalue weighted by atomic mass is 16.5. The Bertz CT molecular complexity index is 1010. The maximum atomic E-state index is 12.3. The predicted octanol–water partition coefficient (Wildman–Crippen LogP) is 3.14. The molecule has 1 unspecified atom stereocenters. The van der Waals surface area contributed by atoms with Crippen molar-refractivity contribution < 1.29 is 13.9 Å². The van der Waals surface area contributed by atoms with Gasteiger partial charge < -0.3 is 14.5 Å². The molecule has 3 rings (SSSR count). The van der Waals surface area contributed by atoms with Crippen LogP contribution < -0.4 is 15.7 Å². The van der Waals surface area contributed by atoms with E-state index in [1.54, 1.807) is 19.3 Å². The first-order chi connectivity index (χ1) is 13.0. The summed E-state index contributed by atoms with van der Waals surface area (Å²) >= 11 is 0. The molecule has 0 aliphatic heterocycles. The molecular weight excluding hydrogens is 344 g/mol. The lowest BCUT2D eigenvalue weighted by Crippen LogP contribution is -2.36. The van der Waals surface area contributed by atoms with Gasteiger partial charge in [0.05, 0.1) is 0 Å². The van der Waals surface area contributed by atoms with Crippen LogP contribution in [0.5, 0.6) is 5.75 Å². The van der Waals surface area contributed by atoms with E-state index in [0.29, 0.717) is 23.4 Å². The molecule has 2 aromatic heterocycles. The number of fused-ring (bicyclic) bond motifs is 1. The van der Waals surface area contributed by atoms with Crippen molar-refractivity contribution in [3.05, 3.63) is 69.8 Å². The topological polar surface area (TPSA) is 81.4 Å². The molecule has 0 bridgehead atoms. The van der Waals surface area contributed by atoms with Gasteiger partial charge in [0.25, 0.3) is 5.91 Å². The molecule has 0 fully saturated rings. The number of hydrogen-bond acceptors (Lipinski definition) is 5. The largest absolute Gasteiger partial charge is 0.480 e. The monoisotopic (exact) mass is 366 g/mol. The fourth-order valence-corrected chi connectivity index (χ4v) is 2.91. The van der Waals surface area contributed by atoms with Crippen molar-refractivity contribution in [2.24, 2.45) is 0 Å². The molecule has 0 saturated carbocycles. The van der Waals surface area contributed by atoms with E-state index in [0.717, 1.165) is 22.9 Å². The summed E-state index contributed by atoms with van der Waals surface area (Å²) in [5.74, 6) is 0.282. The van der Waals surface area contributed by atoms with Crippen LogP contribution >= 0.6 is 0 Å². The van der Waals surface area contributed by atoms with E-state index in [9.17, 15) is 9.59 Å². The standard InChI is InChI=1S/C21H22N2O4/c1-4-16-10-19(24)27-20-13(2)18(8-7-17(16)20)26-14(3)21(25)23-12-15-6-5-9-22-11-15/h5-11,14H,4,12H2,1-3H3,(H,23,25). The molecule has 1 N–H and O–H groups in total. The fourth-order valence-electron chi connectivity index (χ4n) is 2.91. The Morgan fingerprint density at radius 2 is 2.15 bits per heavy atom. The van der Waals surface area contributed by atoms with E-state index in [4.69, 9.17) is 9.15 Å². The van der Waals surface area contributed by atoms with Gasteiger partial charge in [0, 0.05) is 36.0 Å². The number of benzene rings is 1. The van der Waals surface area contributed by atoms with Gasteiger partial charge in [-0.25, -0.2) is 4.79 Å². The van der Waals surface area contributed by atoms with Crippen molar-refractivity contribution in [2.45, 2.75) is 39.8 Å². The van der Waals surface area contributed by atoms with Crippen LogP contribution in [-0.2, 0) is 17.8 Å². The van der Waals surface area contributed by atoms with Crippen molar-refractivity contribution in [1.82, 2.24) is 10.3 Å². The van der Waals surface area contributed by atoms with E-state index in [2.05, 4.69) is 10.3 Å². The molecule has 1 aromatic carbocycles. The van der Waals surface area contributed by atoms with Crippen LogP contribution in [0.3, 0.4) is 0 Å². The first-order valence-corrected chi connectivity index (χ1v) is 8.89. The first kappa shape index (κ1) is 18.6. The number of rotatable bonds is 6. The SMILES string of the molecule is CCc1cc(=O)oc2c(C)c(OC(C)C(=O)NCc3cccnc3)ccc12. The van der Waals surface area contributed by atoms with E-state index >= 15 is 0 Å². The van der Waals surface area contributed by atoms with E-state index in [-0.39, 0.29) is 11.5 Å². The first-order valence-electron chi connectivity index (χ1n) is 8.89. The zero-order chi connectivity index (χ0) is 19.4. The number of pyridine rings is 1. The van der Waals surface area contributed by atoms with Gasteiger partial charge in [0.2, 0.25) is 0 Å². The molecule has 0 aliphatic carbocycles. The Balaban J connectivity index is 1.76. The molecule has 3 aromatic rings. The van der Waals surface area contributed by atoms with Crippen LogP contribution in [0, 0.1) is 6.92 Å². The molecule has 140 valence electrons. The van der Waals surface area contributed by atoms with Gasteiger partial charge in [-0.1, -0.05) is 13.0 Å². The van der Waals surface area contributed by atoms with Crippen molar-refractivity contribution in [1.29, 1.82) is 0 Å². The quantitative estimate of drug-likeness (QED) is 0.678. The number of aryl methyl sites for hydroxylation is 2. The van der Waals surface area contributed by atoms with Gasteiger partial charge in [0.15, 0.2) is 6.10 Å². The maximum absolute atomic E-state index is 12.3. The lowest BCUT2D eigenvalue weighted by molar-refractivity contribution is -0.127. The second kappa shape index (κ2) is 8.03. The number of nitrogens with one attached hydrogen (secondary N) is 1. The van der Waals surface area contributed by atoms with Crippen LogP contribution in [0.2, 0.25) is 0 Å². The van der Waals surface area contributed by atoms with Crippen molar-refractivity contribution in [3.8, 4) is 5.75 Å². The third-order valence-electron chi connectivity index (χ3n) is 4.44. The zero-order valence-electron chi connectivity index (χ0n) is 15.6. The summed E-state index contributed by atoms with van der Waals surface area (Å²) in [5, 5.41) is 3.71. The lowest BCUT2D eigenvalue weighted by Gasteiger charge is -2.17. The zero-order valence-corrected chi connectivity index (χ0v) is 15.6. The number of carbonyl (C=O) groups excluding carboxylic acids is 1. The van der Waals surface area contributed by atoms with Crippen molar-refractivity contribution >= 4 is 16.9 Å². The van der Waals surface area contributed by atoms with Gasteiger partial charge in [0.1, 0.15) is 11.3 Å². The highest BCUT2D eigenvalue weighted by Gasteiger charge is 2.17. The fraction of sp³-hybridized carbons (Fsp3) is 0.286. The summed E-state index contributed by atoms with van der Waals surface area (Å²) < 4.78 is 11.2. The Labute approximate surface area is 157 Å². The molecule has 1 atom stereocenters. The molecule has 2 heterocycles. The van der Waals surface area contributed by atoms with Gasteiger partial charge in [-0.15, -0.1) is 0 Å². The molecule has 0 spiro atoms. The van der Waals surface area contributed by atoms with Crippen LogP contribution in [0.25, 0.3) is 11.0 Å². The van der Waals surface area contributed by atoms with Crippen molar-refractivity contribution in [3.63, 3.8) is 0 Å². The number of aromatic nitrogens is 1. The summed E-state index contributed by atoms with van der Waals surface area (Å²) in [6.07, 6.45) is 3.42. The minimum Gasteiger partial charge on any atom is -0.480 e. The van der Waals surface area contributed by atoms with Crippen LogP contribution in [0.15, 0.2) is 51.9 Å². The van der Waals surface area contributed by atoms with Gasteiger partial charge in [-0.3, -0.25) is 9.78 Å². The molecule has 6 nitrogen and oxygen atoms in total. The van der Waals surface area contributed by atoms with E-state index in [1.165, 1.54) is 6.07 Å². The Morgan fingerprint density at radius 3 is 2.85 bits per heavy atom. The average Bonchev–Trinajstić information content (AvgIpc) is 2.68. The molecule has 1 amide bonds. The predicted molar refractivity (Wildman–Crippen MR) is 103 cm³/mol. The molecule has 27 heavy (non-hydrogen) atoms. The summed E-state index contributed by atoms with van der Waals surface area (Å²) in [4.78, 5) is 28.1. The number of ether oxygens (including phenoxy) is 1. The molecule has 0 radical (unpaired) electrons. The number of amides is 1. The van der Waals surface area contributed by atoms with Crippen LogP contribution in [0.1, 0.15) is 30.5 Å². The summed E-state index contributed by atoms with van der Waals surface area (Å²) in [6, 6.07) is 8.88. The summed E-state index contributed by atoms with van der Waals surface area (Å²) in [5.41, 5.74) is 2.65. The van der Waals surface area contributed by atoms with Gasteiger partial charge in [-0.2, -0.15) is 0 Å². The Kier molecular flexibility index (Phi) is 5.54. The minimum absolute atomic E-state index is 0.234. The van der Waals surface area contributed by atoms with Gasteiger partial charge in [-0.05, 0) is 49.6 Å². The van der Waals surface area contributed by atoms with Crippen LogP contribution in [0.4, 0.5) is 0 Å².